The molecular formula is C34H23Cl3N6O5. The molecule has 0 spiro atoms. The monoisotopic (exact) mass is 700 g/mol. The third-order valence-electron chi connectivity index (χ3n) is 7.81. The molecule has 0 radical (unpaired) electrons. The van der Waals surface area contributed by atoms with E-state index in [0.29, 0.717) is 37.8 Å². The Labute approximate surface area is 288 Å². The van der Waals surface area contributed by atoms with Crippen LogP contribution in [0.1, 0.15) is 37.4 Å². The van der Waals surface area contributed by atoms with Gasteiger partial charge in [-0.15, -0.1) is 10.0 Å². The lowest BCUT2D eigenvalue weighted by atomic mass is 10.0. The van der Waals surface area contributed by atoms with Gasteiger partial charge in [0.25, 0.3) is 11.8 Å². The van der Waals surface area contributed by atoms with Gasteiger partial charge in [-0.3, -0.25) is 9.59 Å². The SMILES string of the molecule is COc1cc(O)c(NC(=O)c2cc3ccccc3c(N=Nc3ccc(N=C4NC(=O)c5c(Cl)c(C)c(C)c(Cl)c54)cc3)c2N=O)cc1Cl. The summed E-state index contributed by atoms with van der Waals surface area (Å²) in [5, 5.41) is 29.5. The van der Waals surface area contributed by atoms with Gasteiger partial charge in [-0.05, 0) is 71.9 Å². The van der Waals surface area contributed by atoms with Crippen LogP contribution < -0.4 is 15.4 Å². The number of hydrogen-bond donors (Lipinski definition) is 3. The first kappa shape index (κ1) is 32.6. The number of ether oxygens (including phenoxy) is 1. The maximum Gasteiger partial charge on any atom is 0.259 e. The third kappa shape index (κ3) is 5.83. The van der Waals surface area contributed by atoms with Crippen molar-refractivity contribution in [3.8, 4) is 11.5 Å². The lowest BCUT2D eigenvalue weighted by Gasteiger charge is -2.13. The van der Waals surface area contributed by atoms with Crippen LogP contribution in [0.3, 0.4) is 0 Å². The summed E-state index contributed by atoms with van der Waals surface area (Å²) in [6.45, 7) is 3.62. The number of amidine groups is 1. The van der Waals surface area contributed by atoms with E-state index in [1.807, 2.05) is 6.92 Å². The summed E-state index contributed by atoms with van der Waals surface area (Å²) in [6, 6.07) is 17.7. The maximum absolute atomic E-state index is 13.4. The quantitative estimate of drug-likeness (QED) is 0.0875. The van der Waals surface area contributed by atoms with E-state index in [4.69, 9.17) is 39.5 Å². The molecule has 0 fully saturated rings. The van der Waals surface area contributed by atoms with Crippen LogP contribution in [0.25, 0.3) is 10.8 Å². The first-order chi connectivity index (χ1) is 23.0. The van der Waals surface area contributed by atoms with Gasteiger partial charge in [0.15, 0.2) is 0 Å². The zero-order chi connectivity index (χ0) is 34.3. The molecule has 0 bridgehead atoms. The number of methoxy groups -OCH3 is 1. The number of amides is 2. The normalized spacial score (nSPS) is 13.2. The second-order valence-corrected chi connectivity index (χ2v) is 11.8. The molecule has 48 heavy (non-hydrogen) atoms. The van der Waals surface area contributed by atoms with Crippen molar-refractivity contribution in [1.29, 1.82) is 0 Å². The minimum Gasteiger partial charge on any atom is -0.506 e. The van der Waals surface area contributed by atoms with Gasteiger partial charge in [-0.25, -0.2) is 4.99 Å². The van der Waals surface area contributed by atoms with Gasteiger partial charge in [0, 0.05) is 11.5 Å². The number of fused-ring (bicyclic) bond motifs is 2. The van der Waals surface area contributed by atoms with Gasteiger partial charge < -0.3 is 20.5 Å². The highest BCUT2D eigenvalue weighted by Gasteiger charge is 2.33. The third-order valence-corrected chi connectivity index (χ3v) is 9.05. The largest absolute Gasteiger partial charge is 0.506 e. The lowest BCUT2D eigenvalue weighted by Crippen LogP contribution is -2.21. The minimum absolute atomic E-state index is 0.000994. The number of rotatable bonds is 7. The number of phenols is 1. The predicted octanol–water partition coefficient (Wildman–Crippen LogP) is 10.0. The minimum atomic E-state index is -0.737. The molecule has 1 heterocycles. The highest BCUT2D eigenvalue weighted by atomic mass is 35.5. The molecule has 240 valence electrons. The van der Waals surface area contributed by atoms with Gasteiger partial charge in [0.1, 0.15) is 28.7 Å². The summed E-state index contributed by atoms with van der Waals surface area (Å²) in [6.07, 6.45) is 0. The Kier molecular flexibility index (Phi) is 8.85. The van der Waals surface area contributed by atoms with E-state index in [0.717, 1.165) is 11.1 Å². The Balaban J connectivity index is 1.33. The molecule has 3 N–H and O–H groups in total. The number of azo groups is 1. The Morgan fingerprint density at radius 1 is 0.875 bits per heavy atom. The van der Waals surface area contributed by atoms with Gasteiger partial charge in [0.2, 0.25) is 0 Å². The standard InChI is InChI=1S/C34H23Cl3N6O5/c1-15-16(2)29(37)27-26(28(15)36)32(40-34(27)46)38-18-8-10-19(11-9-18)41-42-30-20-7-5-4-6-17(20)12-21(31(30)43-47)33(45)39-23-13-22(35)25(48-3)14-24(23)44/h4-14,44H,1-3H3,(H,39,45)(H,38,40,46). The van der Waals surface area contributed by atoms with E-state index in [2.05, 4.69) is 31.0 Å². The lowest BCUT2D eigenvalue weighted by molar-refractivity contribution is 0.0981. The van der Waals surface area contributed by atoms with Gasteiger partial charge in [-0.1, -0.05) is 59.1 Å². The molecule has 5 aromatic rings. The number of nitroso groups, excluding NO2 is 1. The second kappa shape index (κ2) is 13.0. The van der Waals surface area contributed by atoms with Crippen LogP contribution in [0, 0.1) is 18.8 Å². The zero-order valence-electron chi connectivity index (χ0n) is 25.4. The molecule has 6 rings (SSSR count). The molecule has 14 heteroatoms. The number of anilines is 1. The molecule has 2 amide bonds. The number of nitrogens with one attached hydrogen (secondary N) is 2. The number of carbonyl (C=O) groups is 2. The molecule has 0 atom stereocenters. The topological polar surface area (TPSA) is 154 Å². The highest BCUT2D eigenvalue weighted by Crippen LogP contribution is 2.42. The number of halogens is 3. The van der Waals surface area contributed by atoms with Crippen molar-refractivity contribution in [2.45, 2.75) is 13.8 Å². The number of aliphatic imine (C=N–C) groups is 1. The van der Waals surface area contributed by atoms with Crippen LogP contribution in [0.2, 0.25) is 15.1 Å². The summed E-state index contributed by atoms with van der Waals surface area (Å²) < 4.78 is 5.09. The number of nitrogens with zero attached hydrogens (tertiary/aromatic N) is 4. The first-order valence-corrected chi connectivity index (χ1v) is 15.3. The van der Waals surface area contributed by atoms with Crippen LogP contribution >= 0.6 is 34.8 Å². The molecule has 5 aromatic carbocycles. The summed E-state index contributed by atoms with van der Waals surface area (Å²) in [4.78, 5) is 42.9. The maximum atomic E-state index is 13.4. The van der Waals surface area contributed by atoms with E-state index < -0.39 is 11.8 Å². The average molecular weight is 702 g/mol. The van der Waals surface area contributed by atoms with Crippen molar-refractivity contribution in [2.75, 3.05) is 12.4 Å². The zero-order valence-corrected chi connectivity index (χ0v) is 27.6. The Bertz CT molecular complexity index is 2250. The Hall–Kier alpha value is -5.36. The first-order valence-electron chi connectivity index (χ1n) is 14.2. The molecule has 0 aromatic heterocycles. The van der Waals surface area contributed by atoms with E-state index in [9.17, 15) is 19.6 Å². The predicted molar refractivity (Wildman–Crippen MR) is 187 cm³/mol. The van der Waals surface area contributed by atoms with Gasteiger partial charge in [-0.2, -0.15) is 5.11 Å². The Morgan fingerprint density at radius 2 is 1.54 bits per heavy atom. The molecular weight excluding hydrogens is 679 g/mol. The van der Waals surface area contributed by atoms with E-state index in [1.165, 1.54) is 25.3 Å². The molecule has 1 aliphatic heterocycles. The molecule has 0 saturated carbocycles. The summed E-state index contributed by atoms with van der Waals surface area (Å²) in [5.41, 5.74) is 2.79. The van der Waals surface area contributed by atoms with Crippen molar-refractivity contribution < 1.29 is 19.4 Å². The summed E-state index contributed by atoms with van der Waals surface area (Å²) in [5.74, 6) is -0.939. The van der Waals surface area contributed by atoms with Crippen LogP contribution in [0.15, 0.2) is 87.1 Å². The fourth-order valence-electron chi connectivity index (χ4n) is 5.18. The fourth-order valence-corrected chi connectivity index (χ4v) is 6.07. The van der Waals surface area contributed by atoms with Crippen LogP contribution in [-0.2, 0) is 0 Å². The van der Waals surface area contributed by atoms with Gasteiger partial charge >= 0.3 is 0 Å². The van der Waals surface area contributed by atoms with Crippen molar-refractivity contribution in [2.24, 2.45) is 20.4 Å². The smallest absolute Gasteiger partial charge is 0.259 e. The van der Waals surface area contributed by atoms with E-state index in [1.54, 1.807) is 55.5 Å². The fraction of sp³-hybridized carbons (Fsp3) is 0.0882. The highest BCUT2D eigenvalue weighted by molar-refractivity contribution is 6.43. The summed E-state index contributed by atoms with van der Waals surface area (Å²) >= 11 is 19.2. The molecule has 1 aliphatic rings. The number of phenolic OH excluding ortho intramolecular Hbond substituents is 1. The van der Waals surface area contributed by atoms with Crippen molar-refractivity contribution in [1.82, 2.24) is 5.32 Å². The molecule has 0 saturated heterocycles. The number of benzene rings is 5. The van der Waals surface area contributed by atoms with E-state index >= 15 is 0 Å². The Morgan fingerprint density at radius 3 is 2.23 bits per heavy atom. The van der Waals surface area contributed by atoms with Crippen LogP contribution in [0.5, 0.6) is 11.5 Å². The molecule has 11 nitrogen and oxygen atoms in total. The molecule has 0 aliphatic carbocycles. The number of aromatic hydroxyl groups is 1. The van der Waals surface area contributed by atoms with Crippen molar-refractivity contribution in [3.05, 3.63) is 115 Å². The average Bonchev–Trinajstić information content (AvgIpc) is 3.41. The van der Waals surface area contributed by atoms with Crippen molar-refractivity contribution in [3.63, 3.8) is 0 Å². The number of hydrogen-bond acceptors (Lipinski definition) is 9. The van der Waals surface area contributed by atoms with E-state index in [-0.39, 0.29) is 50.5 Å². The van der Waals surface area contributed by atoms with Crippen LogP contribution in [0.4, 0.5) is 28.4 Å². The van der Waals surface area contributed by atoms with Gasteiger partial charge in [0.05, 0.1) is 55.9 Å². The van der Waals surface area contributed by atoms with Crippen LogP contribution in [-0.4, -0.2) is 29.9 Å². The molecule has 0 unspecified atom stereocenters. The second-order valence-electron chi connectivity index (χ2n) is 10.7. The summed E-state index contributed by atoms with van der Waals surface area (Å²) in [7, 11) is 1.39. The van der Waals surface area contributed by atoms with Crippen molar-refractivity contribution >= 4 is 91.7 Å². The number of carbonyl (C=O) groups excluding carboxylic acids is 2.